The third kappa shape index (κ3) is 1.92. The van der Waals surface area contributed by atoms with Crippen molar-refractivity contribution >= 4 is 65.5 Å². The minimum absolute atomic E-state index is 0.784. The van der Waals surface area contributed by atoms with Gasteiger partial charge in [-0.2, -0.15) is 0 Å². The molecule has 1 aromatic heterocycles. The van der Waals surface area contributed by atoms with Gasteiger partial charge in [0, 0.05) is 8.90 Å². The van der Waals surface area contributed by atoms with E-state index in [0.29, 0.717) is 0 Å². The Morgan fingerprint density at radius 1 is 1.46 bits per heavy atom. The molecule has 13 heavy (non-hydrogen) atoms. The van der Waals surface area contributed by atoms with Gasteiger partial charge in [0.05, 0.1) is 11.0 Å². The Kier molecular flexibility index (Phi) is 2.94. The predicted octanol–water partition coefficient (Wildman–Crippen LogP) is 3.82. The zero-order valence-electron chi connectivity index (χ0n) is 6.44. The first-order valence-corrected chi connectivity index (χ1v) is 6.59. The number of fused-ring (bicyclic) bond motifs is 1. The van der Waals surface area contributed by atoms with Gasteiger partial charge in [-0.25, -0.2) is 4.98 Å². The average molecular weight is 416 g/mol. The van der Waals surface area contributed by atoms with Gasteiger partial charge in [-0.1, -0.05) is 15.9 Å². The highest BCUT2D eigenvalue weighted by Gasteiger charge is 2.06. The number of rotatable bonds is 1. The summed E-state index contributed by atoms with van der Waals surface area (Å²) in [7, 11) is 0. The molecule has 0 spiro atoms. The summed E-state index contributed by atoms with van der Waals surface area (Å²) in [5.41, 5.74) is 3.32. The lowest BCUT2D eigenvalue weighted by Gasteiger charge is -1.97. The second kappa shape index (κ2) is 3.86. The quantitative estimate of drug-likeness (QED) is 0.556. The van der Waals surface area contributed by atoms with Gasteiger partial charge in [-0.05, 0) is 56.2 Å². The lowest BCUT2D eigenvalue weighted by molar-refractivity contribution is 1.26. The molecule has 0 aliphatic rings. The van der Waals surface area contributed by atoms with Gasteiger partial charge in [0.25, 0.3) is 0 Å². The van der Waals surface area contributed by atoms with E-state index >= 15 is 0 Å². The van der Waals surface area contributed by atoms with Crippen LogP contribution in [0.5, 0.6) is 0 Å². The molecule has 2 nitrogen and oxygen atoms in total. The normalized spacial score (nSPS) is 11.0. The highest BCUT2D eigenvalue weighted by molar-refractivity contribution is 14.1. The summed E-state index contributed by atoms with van der Waals surface area (Å²) < 4.78 is 2.00. The molecule has 68 valence electrons. The smallest absolute Gasteiger partial charge is 0.175 e. The van der Waals surface area contributed by atoms with Crippen molar-refractivity contribution in [2.75, 3.05) is 0 Å². The molecule has 0 aliphatic carbocycles. The lowest BCUT2D eigenvalue weighted by atomic mass is 10.2. The van der Waals surface area contributed by atoms with Gasteiger partial charge in [0.1, 0.15) is 0 Å². The van der Waals surface area contributed by atoms with Gasteiger partial charge in [0.2, 0.25) is 0 Å². The monoisotopic (exact) mass is 414 g/mol. The minimum Gasteiger partial charge on any atom is -0.332 e. The second-order valence-corrected chi connectivity index (χ2v) is 5.18. The van der Waals surface area contributed by atoms with Crippen molar-refractivity contribution in [1.29, 1.82) is 0 Å². The molecule has 1 aromatic carbocycles. The predicted molar refractivity (Wildman–Crippen MR) is 69.1 cm³/mol. The number of hydrogen-bond donors (Lipinski definition) is 1. The number of benzene rings is 1. The topological polar surface area (TPSA) is 28.7 Å². The average Bonchev–Trinajstić information content (AvgIpc) is 2.43. The summed E-state index contributed by atoms with van der Waals surface area (Å²) in [5.74, 6) is 0. The van der Waals surface area contributed by atoms with Crippen LogP contribution in [-0.2, 0) is 5.33 Å². The molecule has 0 fully saturated rings. The number of aromatic amines is 1. The van der Waals surface area contributed by atoms with Crippen LogP contribution in [0.25, 0.3) is 11.0 Å². The number of nitrogens with one attached hydrogen (secondary N) is 1. The summed E-state index contributed by atoms with van der Waals surface area (Å²) in [6.07, 6.45) is 0. The third-order valence-corrected chi connectivity index (χ3v) is 3.35. The van der Waals surface area contributed by atoms with Crippen LogP contribution in [0.2, 0.25) is 0 Å². The summed E-state index contributed by atoms with van der Waals surface area (Å²) in [4.78, 5) is 7.51. The first-order chi connectivity index (χ1) is 6.20. The van der Waals surface area contributed by atoms with Crippen LogP contribution >= 0.6 is 54.5 Å². The Hall–Kier alpha value is 0.380. The molecule has 2 rings (SSSR count). The Morgan fingerprint density at radius 3 is 2.92 bits per heavy atom. The zero-order valence-corrected chi connectivity index (χ0v) is 11.8. The first-order valence-electron chi connectivity index (χ1n) is 3.60. The fraction of sp³-hybridized carbons (Fsp3) is 0.125. The van der Waals surface area contributed by atoms with Crippen molar-refractivity contribution in [3.8, 4) is 0 Å². The van der Waals surface area contributed by atoms with E-state index in [1.807, 2.05) is 0 Å². The largest absolute Gasteiger partial charge is 0.332 e. The molecule has 2 aromatic rings. The van der Waals surface area contributed by atoms with Crippen LogP contribution in [0.4, 0.5) is 0 Å². The first kappa shape index (κ1) is 9.92. The standard InChI is InChI=1S/C8H5Br2IN2/c9-3-4-1-5(11)2-6-7(4)13-8(10)12-6/h1-2H,3H2,(H,12,13). The third-order valence-electron chi connectivity index (χ3n) is 1.75. The van der Waals surface area contributed by atoms with E-state index in [1.54, 1.807) is 0 Å². The highest BCUT2D eigenvalue weighted by Crippen LogP contribution is 2.23. The van der Waals surface area contributed by atoms with Gasteiger partial charge < -0.3 is 4.98 Å². The van der Waals surface area contributed by atoms with Gasteiger partial charge in [-0.3, -0.25) is 0 Å². The van der Waals surface area contributed by atoms with E-state index in [1.165, 1.54) is 9.13 Å². The van der Waals surface area contributed by atoms with Gasteiger partial charge in [0.15, 0.2) is 4.73 Å². The molecule has 0 atom stereocenters. The summed E-state index contributed by atoms with van der Waals surface area (Å²) in [6, 6.07) is 4.21. The van der Waals surface area contributed by atoms with Crippen LogP contribution in [0.15, 0.2) is 16.9 Å². The number of nitrogens with zero attached hydrogens (tertiary/aromatic N) is 1. The van der Waals surface area contributed by atoms with Crippen molar-refractivity contribution in [3.05, 3.63) is 26.0 Å². The number of halogens is 3. The second-order valence-electron chi connectivity index (χ2n) is 2.62. The van der Waals surface area contributed by atoms with Crippen molar-refractivity contribution in [2.24, 2.45) is 0 Å². The maximum absolute atomic E-state index is 4.35. The van der Waals surface area contributed by atoms with Crippen molar-refractivity contribution in [1.82, 2.24) is 9.97 Å². The molecule has 1 heterocycles. The summed E-state index contributed by atoms with van der Waals surface area (Å²) >= 11 is 9.08. The van der Waals surface area contributed by atoms with Crippen molar-refractivity contribution in [3.63, 3.8) is 0 Å². The lowest BCUT2D eigenvalue weighted by Crippen LogP contribution is -1.83. The van der Waals surface area contributed by atoms with Crippen molar-refractivity contribution in [2.45, 2.75) is 5.33 Å². The molecule has 0 bridgehead atoms. The zero-order chi connectivity index (χ0) is 9.42. The molecule has 5 heteroatoms. The van der Waals surface area contributed by atoms with E-state index in [2.05, 4.69) is 76.6 Å². The number of imidazole rings is 1. The molecular weight excluding hydrogens is 411 g/mol. The highest BCUT2D eigenvalue weighted by atomic mass is 127. The Morgan fingerprint density at radius 2 is 2.23 bits per heavy atom. The molecule has 0 amide bonds. The Balaban J connectivity index is 2.80. The van der Waals surface area contributed by atoms with Crippen LogP contribution in [0.3, 0.4) is 0 Å². The van der Waals surface area contributed by atoms with E-state index in [9.17, 15) is 0 Å². The minimum atomic E-state index is 0.784. The Labute approximate surface area is 106 Å². The van der Waals surface area contributed by atoms with Crippen molar-refractivity contribution < 1.29 is 0 Å². The van der Waals surface area contributed by atoms with Gasteiger partial charge >= 0.3 is 0 Å². The van der Waals surface area contributed by atoms with Crippen LogP contribution in [-0.4, -0.2) is 9.97 Å². The molecule has 0 saturated heterocycles. The van der Waals surface area contributed by atoms with E-state index in [4.69, 9.17) is 0 Å². The molecule has 1 N–H and O–H groups in total. The molecule has 0 unspecified atom stereocenters. The number of hydrogen-bond acceptors (Lipinski definition) is 1. The number of alkyl halides is 1. The number of aromatic nitrogens is 2. The Bertz CT molecular complexity index is 453. The maximum atomic E-state index is 4.35. The van der Waals surface area contributed by atoms with Crippen LogP contribution in [0, 0.1) is 3.57 Å². The number of H-pyrrole nitrogens is 1. The molecular formula is C8H5Br2IN2. The molecule has 0 saturated carbocycles. The van der Waals surface area contributed by atoms with E-state index in [0.717, 1.165) is 21.1 Å². The summed E-state index contributed by atoms with van der Waals surface area (Å²) in [5, 5.41) is 0.831. The molecule has 0 aliphatic heterocycles. The van der Waals surface area contributed by atoms with Crippen LogP contribution < -0.4 is 0 Å². The fourth-order valence-electron chi connectivity index (χ4n) is 1.22. The fourth-order valence-corrected chi connectivity index (χ4v) is 2.73. The van der Waals surface area contributed by atoms with Gasteiger partial charge in [-0.15, -0.1) is 0 Å². The van der Waals surface area contributed by atoms with E-state index < -0.39 is 0 Å². The maximum Gasteiger partial charge on any atom is 0.175 e. The van der Waals surface area contributed by atoms with E-state index in [-0.39, 0.29) is 0 Å². The summed E-state index contributed by atoms with van der Waals surface area (Å²) in [6.45, 7) is 0. The SMILES string of the molecule is BrCc1cc(I)cc2[nH]c(Br)nc12. The molecule has 0 radical (unpaired) electrons. The van der Waals surface area contributed by atoms with Crippen LogP contribution in [0.1, 0.15) is 5.56 Å².